The first-order valence-corrected chi connectivity index (χ1v) is 6.45. The molecule has 0 saturated carbocycles. The lowest BCUT2D eigenvalue weighted by molar-refractivity contribution is -0.0225. The molecule has 2 amide bonds. The Bertz CT molecular complexity index is 487. The zero-order valence-corrected chi connectivity index (χ0v) is 11.5. The third-order valence-electron chi connectivity index (χ3n) is 3.44. The molecule has 1 saturated heterocycles. The molecule has 2 N–H and O–H groups in total. The molecular weight excluding hydrogens is 284 g/mol. The first-order valence-electron chi connectivity index (χ1n) is 6.45. The van der Waals surface area contributed by atoms with E-state index in [1.807, 2.05) is 0 Å². The Kier molecular flexibility index (Phi) is 4.69. The average molecular weight is 301 g/mol. The van der Waals surface area contributed by atoms with Crippen molar-refractivity contribution in [3.05, 3.63) is 30.1 Å². The summed E-state index contributed by atoms with van der Waals surface area (Å²) < 4.78 is 31.5. The zero-order chi connectivity index (χ0) is 15.5. The van der Waals surface area contributed by atoms with Crippen LogP contribution in [0.2, 0.25) is 0 Å². The normalized spacial score (nSPS) is 21.8. The number of likely N-dealkylation sites (N-methyl/N-ethyl adjacent to an activating group) is 1. The summed E-state index contributed by atoms with van der Waals surface area (Å²) in [7, 11) is 1.44. The Hall–Kier alpha value is -1.80. The molecule has 1 aliphatic rings. The number of alkyl halides is 2. The topological polar surface area (TPSA) is 74.7 Å². The number of hydrogen-bond donors (Lipinski definition) is 2. The SMILES string of the molecule is CN(C(=O)N[C@H]1COCC1(F)F)[C@@H](CO)c1ccncc1. The van der Waals surface area contributed by atoms with Gasteiger partial charge in [0.1, 0.15) is 12.6 Å². The molecule has 0 aliphatic carbocycles. The van der Waals surface area contributed by atoms with Gasteiger partial charge in [-0.05, 0) is 17.7 Å². The van der Waals surface area contributed by atoms with Gasteiger partial charge in [0.15, 0.2) is 0 Å². The highest BCUT2D eigenvalue weighted by Gasteiger charge is 2.46. The van der Waals surface area contributed by atoms with Gasteiger partial charge >= 0.3 is 6.03 Å². The second kappa shape index (κ2) is 6.31. The number of hydrogen-bond acceptors (Lipinski definition) is 4. The van der Waals surface area contributed by atoms with Gasteiger partial charge in [-0.15, -0.1) is 0 Å². The number of amides is 2. The van der Waals surface area contributed by atoms with Crippen LogP contribution in [0.5, 0.6) is 0 Å². The van der Waals surface area contributed by atoms with E-state index in [1.165, 1.54) is 24.3 Å². The van der Waals surface area contributed by atoms with Gasteiger partial charge < -0.3 is 20.1 Å². The first-order chi connectivity index (χ1) is 9.95. The van der Waals surface area contributed by atoms with Gasteiger partial charge in [-0.3, -0.25) is 4.98 Å². The lowest BCUT2D eigenvalue weighted by Crippen LogP contribution is -2.51. The summed E-state index contributed by atoms with van der Waals surface area (Å²) in [6, 6.07) is 0.616. The van der Waals surface area contributed by atoms with Crippen LogP contribution in [0.3, 0.4) is 0 Å². The summed E-state index contributed by atoms with van der Waals surface area (Å²) in [5.74, 6) is -3.08. The second-order valence-electron chi connectivity index (χ2n) is 4.87. The summed E-state index contributed by atoms with van der Waals surface area (Å²) >= 11 is 0. The second-order valence-corrected chi connectivity index (χ2v) is 4.87. The number of aromatic nitrogens is 1. The van der Waals surface area contributed by atoms with Crippen LogP contribution in [0.25, 0.3) is 0 Å². The molecule has 1 aliphatic heterocycles. The van der Waals surface area contributed by atoms with Crippen molar-refractivity contribution >= 4 is 6.03 Å². The fraction of sp³-hybridized carbons (Fsp3) is 0.538. The third-order valence-corrected chi connectivity index (χ3v) is 3.44. The first kappa shape index (κ1) is 15.6. The standard InChI is InChI=1S/C13H17F2N3O3/c1-18(10(6-19)9-2-4-16-5-3-9)12(20)17-11-7-21-8-13(11,14)15/h2-5,10-11,19H,6-8H2,1H3,(H,17,20)/t10-,11-/m0/s1. The number of halogens is 2. The van der Waals surface area contributed by atoms with Crippen LogP contribution in [-0.4, -0.2) is 59.9 Å². The molecule has 0 bridgehead atoms. The average Bonchev–Trinajstić information content (AvgIpc) is 2.79. The van der Waals surface area contributed by atoms with Crippen LogP contribution in [0.15, 0.2) is 24.5 Å². The maximum Gasteiger partial charge on any atom is 0.318 e. The molecule has 0 radical (unpaired) electrons. The third kappa shape index (κ3) is 3.45. The maximum atomic E-state index is 13.4. The van der Waals surface area contributed by atoms with E-state index in [9.17, 15) is 18.7 Å². The van der Waals surface area contributed by atoms with Crippen molar-refractivity contribution in [3.63, 3.8) is 0 Å². The number of aliphatic hydroxyl groups excluding tert-OH is 1. The lowest BCUT2D eigenvalue weighted by Gasteiger charge is -2.29. The Balaban J connectivity index is 2.04. The van der Waals surface area contributed by atoms with Gasteiger partial charge in [0.25, 0.3) is 5.92 Å². The monoisotopic (exact) mass is 301 g/mol. The molecule has 116 valence electrons. The minimum absolute atomic E-state index is 0.231. The highest BCUT2D eigenvalue weighted by atomic mass is 19.3. The predicted molar refractivity (Wildman–Crippen MR) is 69.9 cm³/mol. The molecule has 1 aromatic heterocycles. The van der Waals surface area contributed by atoms with Gasteiger partial charge in [-0.2, -0.15) is 0 Å². The molecule has 8 heteroatoms. The maximum absolute atomic E-state index is 13.4. The Morgan fingerprint density at radius 2 is 2.29 bits per heavy atom. The Morgan fingerprint density at radius 1 is 1.62 bits per heavy atom. The Labute approximate surface area is 120 Å². The quantitative estimate of drug-likeness (QED) is 0.862. The van der Waals surface area contributed by atoms with Gasteiger partial charge in [0, 0.05) is 19.4 Å². The minimum Gasteiger partial charge on any atom is -0.394 e. The zero-order valence-electron chi connectivity index (χ0n) is 11.5. The number of pyridine rings is 1. The molecule has 0 spiro atoms. The van der Waals surface area contributed by atoms with Crippen molar-refractivity contribution in [1.82, 2.24) is 15.2 Å². The van der Waals surface area contributed by atoms with Gasteiger partial charge in [-0.1, -0.05) is 0 Å². The predicted octanol–water partition coefficient (Wildman–Crippen LogP) is 0.790. The van der Waals surface area contributed by atoms with Crippen molar-refractivity contribution in [2.24, 2.45) is 0 Å². The number of nitrogens with one attached hydrogen (secondary N) is 1. The van der Waals surface area contributed by atoms with Crippen LogP contribution in [0.1, 0.15) is 11.6 Å². The van der Waals surface area contributed by atoms with E-state index in [2.05, 4.69) is 15.0 Å². The highest BCUT2D eigenvalue weighted by Crippen LogP contribution is 2.26. The number of ether oxygens (including phenoxy) is 1. The number of rotatable bonds is 4. The number of urea groups is 1. The number of carbonyl (C=O) groups is 1. The molecule has 1 fully saturated rings. The fourth-order valence-corrected chi connectivity index (χ4v) is 2.11. The largest absolute Gasteiger partial charge is 0.394 e. The smallest absolute Gasteiger partial charge is 0.318 e. The summed E-state index contributed by atoms with van der Waals surface area (Å²) in [4.78, 5) is 17.1. The summed E-state index contributed by atoms with van der Waals surface area (Å²) in [6.07, 6.45) is 3.06. The van der Waals surface area contributed by atoms with Crippen molar-refractivity contribution in [2.75, 3.05) is 26.9 Å². The molecule has 2 rings (SSSR count). The van der Waals surface area contributed by atoms with Crippen molar-refractivity contribution in [3.8, 4) is 0 Å². The molecule has 2 heterocycles. The lowest BCUT2D eigenvalue weighted by atomic mass is 10.1. The van der Waals surface area contributed by atoms with Crippen molar-refractivity contribution in [2.45, 2.75) is 18.0 Å². The molecule has 0 unspecified atom stereocenters. The van der Waals surface area contributed by atoms with Gasteiger partial charge in [0.2, 0.25) is 0 Å². The van der Waals surface area contributed by atoms with Crippen LogP contribution in [0, 0.1) is 0 Å². The van der Waals surface area contributed by atoms with E-state index in [1.54, 1.807) is 12.1 Å². The number of aliphatic hydroxyl groups is 1. The van der Waals surface area contributed by atoms with Gasteiger partial charge in [-0.25, -0.2) is 13.6 Å². The molecule has 1 aromatic rings. The van der Waals surface area contributed by atoms with E-state index in [0.29, 0.717) is 5.56 Å². The van der Waals surface area contributed by atoms with E-state index in [-0.39, 0.29) is 13.2 Å². The molecule has 2 atom stereocenters. The fourth-order valence-electron chi connectivity index (χ4n) is 2.11. The number of nitrogens with zero attached hydrogens (tertiary/aromatic N) is 2. The van der Waals surface area contributed by atoms with Crippen LogP contribution in [0.4, 0.5) is 13.6 Å². The summed E-state index contributed by atoms with van der Waals surface area (Å²) in [5, 5.41) is 11.7. The molecular formula is C13H17F2N3O3. The summed E-state index contributed by atoms with van der Waals surface area (Å²) in [5.41, 5.74) is 0.666. The Morgan fingerprint density at radius 3 is 2.81 bits per heavy atom. The van der Waals surface area contributed by atoms with E-state index in [0.717, 1.165) is 0 Å². The van der Waals surface area contributed by atoms with Crippen molar-refractivity contribution in [1.29, 1.82) is 0 Å². The van der Waals surface area contributed by atoms with Crippen LogP contribution in [-0.2, 0) is 4.74 Å². The summed E-state index contributed by atoms with van der Waals surface area (Å²) in [6.45, 7) is -1.26. The minimum atomic E-state index is -3.08. The molecule has 21 heavy (non-hydrogen) atoms. The van der Waals surface area contributed by atoms with E-state index in [4.69, 9.17) is 0 Å². The van der Waals surface area contributed by atoms with Crippen LogP contribution < -0.4 is 5.32 Å². The van der Waals surface area contributed by atoms with Gasteiger partial charge in [0.05, 0.1) is 19.3 Å². The van der Waals surface area contributed by atoms with E-state index >= 15 is 0 Å². The van der Waals surface area contributed by atoms with E-state index < -0.39 is 30.6 Å². The highest BCUT2D eigenvalue weighted by molar-refractivity contribution is 5.75. The number of carbonyl (C=O) groups excluding carboxylic acids is 1. The van der Waals surface area contributed by atoms with Crippen molar-refractivity contribution < 1.29 is 23.4 Å². The van der Waals surface area contributed by atoms with Crippen LogP contribution >= 0.6 is 0 Å². The molecule has 0 aromatic carbocycles. The molecule has 6 nitrogen and oxygen atoms in total.